The fourth-order valence-corrected chi connectivity index (χ4v) is 2.24. The first-order valence-corrected chi connectivity index (χ1v) is 9.21. The van der Waals surface area contributed by atoms with Crippen molar-refractivity contribution in [2.24, 2.45) is 0 Å². The van der Waals surface area contributed by atoms with E-state index in [1.807, 2.05) is 6.07 Å². The normalized spacial score (nSPS) is 11.9. The minimum Gasteiger partial charge on any atom is -0.481 e. The van der Waals surface area contributed by atoms with E-state index in [-0.39, 0.29) is 19.7 Å². The number of hydrogen-bond acceptors (Lipinski definition) is 6. The van der Waals surface area contributed by atoms with Crippen LogP contribution in [0.4, 0.5) is 4.79 Å². The van der Waals surface area contributed by atoms with Crippen molar-refractivity contribution in [2.45, 2.75) is 52.4 Å². The number of hydrogen-bond donors (Lipinski definition) is 2. The van der Waals surface area contributed by atoms with Gasteiger partial charge < -0.3 is 19.9 Å². The fraction of sp³-hybridized carbons (Fsp3) is 0.500. The number of amides is 2. The Hall–Kier alpha value is -3.10. The number of carboxylic acid groups (broad SMARTS) is 1. The van der Waals surface area contributed by atoms with Gasteiger partial charge in [0, 0.05) is 6.54 Å². The van der Waals surface area contributed by atoms with E-state index in [4.69, 9.17) is 14.6 Å². The lowest BCUT2D eigenvalue weighted by Crippen LogP contribution is -2.48. The number of esters is 1. The number of rotatable bonds is 9. The van der Waals surface area contributed by atoms with Crippen LogP contribution in [-0.4, -0.2) is 58.7 Å². The standard InChI is InChI=1S/C20H28N2O7/c1-5-22(19(27)29-20(2,3)4)12-16(23)21-15(11-17(24)25)18(26)28-13-14-9-7-6-8-10-14/h6-10,15H,5,11-13H2,1-4H3,(H,21,23)(H,24,25)/t15-/m0/s1. The van der Waals surface area contributed by atoms with E-state index in [2.05, 4.69) is 5.32 Å². The Morgan fingerprint density at radius 3 is 2.28 bits per heavy atom. The van der Waals surface area contributed by atoms with Crippen LogP contribution >= 0.6 is 0 Å². The maximum Gasteiger partial charge on any atom is 0.410 e. The molecule has 160 valence electrons. The SMILES string of the molecule is CCN(CC(=O)N[C@@H](CC(=O)O)C(=O)OCc1ccccc1)C(=O)OC(C)(C)C. The summed E-state index contributed by atoms with van der Waals surface area (Å²) >= 11 is 0. The predicted octanol–water partition coefficient (Wildman–Crippen LogP) is 1.95. The molecule has 0 spiro atoms. The monoisotopic (exact) mass is 408 g/mol. The molecule has 1 atom stereocenters. The van der Waals surface area contributed by atoms with Gasteiger partial charge in [0.2, 0.25) is 5.91 Å². The van der Waals surface area contributed by atoms with Gasteiger partial charge in [0.15, 0.2) is 0 Å². The highest BCUT2D eigenvalue weighted by atomic mass is 16.6. The third-order valence-corrected chi connectivity index (χ3v) is 3.59. The lowest BCUT2D eigenvalue weighted by Gasteiger charge is -2.26. The lowest BCUT2D eigenvalue weighted by molar-refractivity contribution is -0.152. The Morgan fingerprint density at radius 1 is 1.14 bits per heavy atom. The van der Waals surface area contributed by atoms with Crippen LogP contribution in [0.1, 0.15) is 39.7 Å². The Morgan fingerprint density at radius 2 is 1.76 bits per heavy atom. The second-order valence-corrected chi connectivity index (χ2v) is 7.31. The first-order valence-electron chi connectivity index (χ1n) is 9.21. The van der Waals surface area contributed by atoms with Crippen LogP contribution in [0.25, 0.3) is 0 Å². The van der Waals surface area contributed by atoms with Crippen LogP contribution < -0.4 is 5.32 Å². The van der Waals surface area contributed by atoms with Crippen molar-refractivity contribution in [3.8, 4) is 0 Å². The number of carbonyl (C=O) groups is 4. The van der Waals surface area contributed by atoms with Gasteiger partial charge in [-0.05, 0) is 33.3 Å². The highest BCUT2D eigenvalue weighted by Gasteiger charge is 2.28. The van der Waals surface area contributed by atoms with Crippen LogP contribution in [0.2, 0.25) is 0 Å². The zero-order valence-electron chi connectivity index (χ0n) is 17.1. The minimum absolute atomic E-state index is 0.0509. The van der Waals surface area contributed by atoms with Gasteiger partial charge in [-0.3, -0.25) is 14.5 Å². The highest BCUT2D eigenvalue weighted by Crippen LogP contribution is 2.10. The average molecular weight is 408 g/mol. The number of nitrogens with zero attached hydrogens (tertiary/aromatic N) is 1. The quantitative estimate of drug-likeness (QED) is 0.599. The lowest BCUT2D eigenvalue weighted by atomic mass is 10.2. The number of nitrogens with one attached hydrogen (secondary N) is 1. The number of benzene rings is 1. The van der Waals surface area contributed by atoms with Gasteiger partial charge in [0.05, 0.1) is 6.42 Å². The van der Waals surface area contributed by atoms with Gasteiger partial charge >= 0.3 is 18.0 Å². The van der Waals surface area contributed by atoms with E-state index >= 15 is 0 Å². The van der Waals surface area contributed by atoms with Crippen molar-refractivity contribution in [1.29, 1.82) is 0 Å². The van der Waals surface area contributed by atoms with Crippen LogP contribution in [0.15, 0.2) is 30.3 Å². The Labute approximate surface area is 170 Å². The smallest absolute Gasteiger partial charge is 0.410 e. The van der Waals surface area contributed by atoms with Crippen molar-refractivity contribution in [1.82, 2.24) is 10.2 Å². The highest BCUT2D eigenvalue weighted by molar-refractivity contribution is 5.89. The molecule has 0 aromatic heterocycles. The van der Waals surface area contributed by atoms with E-state index in [0.717, 1.165) is 10.5 Å². The first-order chi connectivity index (χ1) is 13.5. The van der Waals surface area contributed by atoms with Crippen LogP contribution in [0.5, 0.6) is 0 Å². The molecular formula is C20H28N2O7. The number of carboxylic acids is 1. The number of ether oxygens (including phenoxy) is 2. The van der Waals surface area contributed by atoms with Crippen molar-refractivity contribution < 1.29 is 33.8 Å². The van der Waals surface area contributed by atoms with E-state index < -0.39 is 42.0 Å². The molecule has 0 saturated heterocycles. The van der Waals surface area contributed by atoms with E-state index in [0.29, 0.717) is 0 Å². The Balaban J connectivity index is 2.70. The van der Waals surface area contributed by atoms with Crippen molar-refractivity contribution >= 4 is 23.9 Å². The largest absolute Gasteiger partial charge is 0.481 e. The van der Waals surface area contributed by atoms with Gasteiger partial charge in [-0.25, -0.2) is 9.59 Å². The number of aliphatic carboxylic acids is 1. The molecule has 29 heavy (non-hydrogen) atoms. The summed E-state index contributed by atoms with van der Waals surface area (Å²) in [5, 5.41) is 11.4. The summed E-state index contributed by atoms with van der Waals surface area (Å²) in [4.78, 5) is 48.9. The molecule has 0 saturated carbocycles. The molecule has 1 aromatic rings. The second-order valence-electron chi connectivity index (χ2n) is 7.31. The van der Waals surface area contributed by atoms with Crippen LogP contribution in [0.3, 0.4) is 0 Å². The maximum atomic E-state index is 12.3. The molecule has 9 nitrogen and oxygen atoms in total. The molecule has 0 aliphatic carbocycles. The van der Waals surface area contributed by atoms with Crippen LogP contribution in [0, 0.1) is 0 Å². The van der Waals surface area contributed by atoms with Gasteiger partial charge in [0.25, 0.3) is 0 Å². The van der Waals surface area contributed by atoms with Crippen molar-refractivity contribution in [3.63, 3.8) is 0 Å². The molecular weight excluding hydrogens is 380 g/mol. The topological polar surface area (TPSA) is 122 Å². The molecule has 0 radical (unpaired) electrons. The van der Waals surface area contributed by atoms with Crippen LogP contribution in [-0.2, 0) is 30.5 Å². The van der Waals surface area contributed by atoms with Crippen molar-refractivity contribution in [2.75, 3.05) is 13.1 Å². The summed E-state index contributed by atoms with van der Waals surface area (Å²) < 4.78 is 10.3. The van der Waals surface area contributed by atoms with E-state index in [1.165, 1.54) is 0 Å². The van der Waals surface area contributed by atoms with Gasteiger partial charge in [0.1, 0.15) is 24.8 Å². The Kier molecular flexibility index (Phi) is 9.11. The van der Waals surface area contributed by atoms with Gasteiger partial charge in [-0.1, -0.05) is 30.3 Å². The third-order valence-electron chi connectivity index (χ3n) is 3.59. The summed E-state index contributed by atoms with van der Waals surface area (Å²) in [5.74, 6) is -2.84. The summed E-state index contributed by atoms with van der Waals surface area (Å²) in [5.41, 5.74) is -0.00280. The maximum absolute atomic E-state index is 12.3. The summed E-state index contributed by atoms with van der Waals surface area (Å²) in [7, 11) is 0. The molecule has 0 aliphatic heterocycles. The molecule has 0 fully saturated rings. The molecule has 0 unspecified atom stereocenters. The molecule has 0 bridgehead atoms. The predicted molar refractivity (Wildman–Crippen MR) is 104 cm³/mol. The third kappa shape index (κ3) is 9.59. The van der Waals surface area contributed by atoms with E-state index in [1.54, 1.807) is 52.0 Å². The Bertz CT molecular complexity index is 713. The molecule has 1 rings (SSSR count). The first kappa shape index (κ1) is 23.9. The molecule has 0 aliphatic rings. The van der Waals surface area contributed by atoms with Crippen molar-refractivity contribution in [3.05, 3.63) is 35.9 Å². The second kappa shape index (κ2) is 11.0. The zero-order chi connectivity index (χ0) is 22.0. The molecule has 0 heterocycles. The zero-order valence-corrected chi connectivity index (χ0v) is 17.1. The van der Waals surface area contributed by atoms with Gasteiger partial charge in [-0.15, -0.1) is 0 Å². The minimum atomic E-state index is -1.37. The summed E-state index contributed by atoms with van der Waals surface area (Å²) in [6, 6.07) is 7.48. The number of likely N-dealkylation sites (N-methyl/N-ethyl adjacent to an activating group) is 1. The molecule has 2 amide bonds. The van der Waals surface area contributed by atoms with Gasteiger partial charge in [-0.2, -0.15) is 0 Å². The fourth-order valence-electron chi connectivity index (χ4n) is 2.24. The summed E-state index contributed by atoms with van der Waals surface area (Å²) in [6.45, 7) is 6.53. The number of carbonyl (C=O) groups excluding carboxylic acids is 3. The van der Waals surface area contributed by atoms with E-state index in [9.17, 15) is 19.2 Å². The molecule has 9 heteroatoms. The molecule has 2 N–H and O–H groups in total. The molecule has 1 aromatic carbocycles. The summed E-state index contributed by atoms with van der Waals surface area (Å²) in [6.07, 6.45) is -1.32. The average Bonchev–Trinajstić information content (AvgIpc) is 2.62.